The molecule has 2 heteroatoms. The fraction of sp³-hybridized carbons (Fsp3) is 0.200. The molecule has 0 aliphatic carbocycles. The predicted octanol–water partition coefficient (Wildman–Crippen LogP) is 3.65. The molecule has 0 unspecified atom stereocenters. The van der Waals surface area contributed by atoms with Gasteiger partial charge in [0.15, 0.2) is 0 Å². The Kier molecular flexibility index (Phi) is 3.05. The summed E-state index contributed by atoms with van der Waals surface area (Å²) in [4.78, 5) is 2.17. The third-order valence-corrected chi connectivity index (χ3v) is 2.98. The molecule has 0 aromatic heterocycles. The van der Waals surface area contributed by atoms with Crippen LogP contribution >= 0.6 is 0 Å². The Morgan fingerprint density at radius 2 is 1.76 bits per heavy atom. The van der Waals surface area contributed by atoms with E-state index < -0.39 is 0 Å². The number of nitrogen functional groups attached to an aromatic ring is 1. The predicted molar refractivity (Wildman–Crippen MR) is 74.8 cm³/mol. The van der Waals surface area contributed by atoms with Crippen LogP contribution in [0.3, 0.4) is 0 Å². The second-order valence-electron chi connectivity index (χ2n) is 4.44. The first-order valence-electron chi connectivity index (χ1n) is 5.74. The minimum Gasteiger partial charge on any atom is -0.399 e. The maximum absolute atomic E-state index is 5.82. The number of nitrogens with two attached hydrogens (primary N) is 1. The number of hydrogen-bond donors (Lipinski definition) is 1. The molecule has 0 bridgehead atoms. The highest BCUT2D eigenvalue weighted by molar-refractivity contribution is 5.68. The molecule has 2 rings (SSSR count). The van der Waals surface area contributed by atoms with Gasteiger partial charge in [-0.3, -0.25) is 0 Å². The lowest BCUT2D eigenvalue weighted by Gasteiger charge is -2.22. The highest BCUT2D eigenvalue weighted by Gasteiger charge is 2.07. The van der Waals surface area contributed by atoms with Crippen molar-refractivity contribution in [1.29, 1.82) is 0 Å². The van der Waals surface area contributed by atoms with Crippen LogP contribution in [0, 0.1) is 13.8 Å². The Labute approximate surface area is 103 Å². The molecule has 0 radical (unpaired) electrons. The highest BCUT2D eigenvalue weighted by atomic mass is 15.1. The molecule has 2 aromatic carbocycles. The molecule has 2 nitrogen and oxygen atoms in total. The van der Waals surface area contributed by atoms with E-state index in [9.17, 15) is 0 Å². The molecule has 88 valence electrons. The quantitative estimate of drug-likeness (QED) is 0.792. The molecule has 0 atom stereocenters. The molecule has 2 N–H and O–H groups in total. The van der Waals surface area contributed by atoms with E-state index in [-0.39, 0.29) is 0 Å². The van der Waals surface area contributed by atoms with Crippen LogP contribution in [-0.4, -0.2) is 7.05 Å². The van der Waals surface area contributed by atoms with Crippen LogP contribution in [0.4, 0.5) is 17.1 Å². The van der Waals surface area contributed by atoms with Gasteiger partial charge in [0.05, 0.1) is 0 Å². The topological polar surface area (TPSA) is 29.3 Å². The van der Waals surface area contributed by atoms with E-state index in [4.69, 9.17) is 5.73 Å². The molecular weight excluding hydrogens is 208 g/mol. The van der Waals surface area contributed by atoms with Gasteiger partial charge in [0, 0.05) is 24.1 Å². The van der Waals surface area contributed by atoms with Gasteiger partial charge in [0.25, 0.3) is 0 Å². The summed E-state index contributed by atoms with van der Waals surface area (Å²) in [5.41, 5.74) is 11.5. The highest BCUT2D eigenvalue weighted by Crippen LogP contribution is 2.28. The number of aryl methyl sites for hydroxylation is 2. The number of benzene rings is 2. The zero-order chi connectivity index (χ0) is 12.4. The zero-order valence-corrected chi connectivity index (χ0v) is 10.6. The standard InChI is InChI=1S/C15H18N2/c1-11-7-8-12(2)15(9-11)17(3)14-6-4-5-13(16)10-14/h4-10H,16H2,1-3H3. The summed E-state index contributed by atoms with van der Waals surface area (Å²) in [7, 11) is 2.07. The molecule has 0 fully saturated rings. The third kappa shape index (κ3) is 2.41. The summed E-state index contributed by atoms with van der Waals surface area (Å²) in [5.74, 6) is 0. The van der Waals surface area contributed by atoms with Crippen LogP contribution in [-0.2, 0) is 0 Å². The molecule has 0 heterocycles. The number of nitrogens with zero attached hydrogens (tertiary/aromatic N) is 1. The Morgan fingerprint density at radius 3 is 2.47 bits per heavy atom. The van der Waals surface area contributed by atoms with Crippen molar-refractivity contribution in [2.45, 2.75) is 13.8 Å². The summed E-state index contributed by atoms with van der Waals surface area (Å²) < 4.78 is 0. The first-order valence-corrected chi connectivity index (χ1v) is 5.74. The lowest BCUT2D eigenvalue weighted by molar-refractivity contribution is 1.18. The Hall–Kier alpha value is -1.96. The monoisotopic (exact) mass is 226 g/mol. The molecule has 0 saturated carbocycles. The van der Waals surface area contributed by atoms with E-state index in [1.165, 1.54) is 16.8 Å². The second-order valence-corrected chi connectivity index (χ2v) is 4.44. The summed E-state index contributed by atoms with van der Waals surface area (Å²) >= 11 is 0. The minimum atomic E-state index is 0.791. The largest absolute Gasteiger partial charge is 0.399 e. The summed E-state index contributed by atoms with van der Waals surface area (Å²) in [6.45, 7) is 4.23. The summed E-state index contributed by atoms with van der Waals surface area (Å²) in [6.07, 6.45) is 0. The van der Waals surface area contributed by atoms with Crippen molar-refractivity contribution in [3.63, 3.8) is 0 Å². The fourth-order valence-corrected chi connectivity index (χ4v) is 1.95. The molecule has 2 aromatic rings. The smallest absolute Gasteiger partial charge is 0.0440 e. The fourth-order valence-electron chi connectivity index (χ4n) is 1.95. The van der Waals surface area contributed by atoms with E-state index >= 15 is 0 Å². The Balaban J connectivity index is 2.43. The van der Waals surface area contributed by atoms with Crippen molar-refractivity contribution in [3.8, 4) is 0 Å². The first-order chi connectivity index (χ1) is 8.08. The van der Waals surface area contributed by atoms with Gasteiger partial charge in [-0.2, -0.15) is 0 Å². The molecule has 0 aliphatic heterocycles. The van der Waals surface area contributed by atoms with Gasteiger partial charge in [-0.25, -0.2) is 0 Å². The van der Waals surface area contributed by atoms with E-state index in [1.807, 2.05) is 18.2 Å². The van der Waals surface area contributed by atoms with Crippen molar-refractivity contribution < 1.29 is 0 Å². The van der Waals surface area contributed by atoms with Crippen molar-refractivity contribution in [2.75, 3.05) is 17.7 Å². The SMILES string of the molecule is Cc1ccc(C)c(N(C)c2cccc(N)c2)c1. The average molecular weight is 226 g/mol. The Morgan fingerprint density at radius 1 is 1.00 bits per heavy atom. The van der Waals surface area contributed by atoms with Gasteiger partial charge < -0.3 is 10.6 Å². The molecule has 17 heavy (non-hydrogen) atoms. The molecule has 0 amide bonds. The van der Waals surface area contributed by atoms with Gasteiger partial charge >= 0.3 is 0 Å². The second kappa shape index (κ2) is 4.50. The number of hydrogen-bond acceptors (Lipinski definition) is 2. The average Bonchev–Trinajstić information content (AvgIpc) is 2.31. The third-order valence-electron chi connectivity index (χ3n) is 2.98. The van der Waals surface area contributed by atoms with E-state index in [0.29, 0.717) is 0 Å². The molecule has 0 aliphatic rings. The summed E-state index contributed by atoms with van der Waals surface area (Å²) in [5, 5.41) is 0. The van der Waals surface area contributed by atoms with Gasteiger partial charge in [-0.1, -0.05) is 18.2 Å². The van der Waals surface area contributed by atoms with Crippen LogP contribution in [0.5, 0.6) is 0 Å². The van der Waals surface area contributed by atoms with Crippen LogP contribution in [0.1, 0.15) is 11.1 Å². The van der Waals surface area contributed by atoms with Crippen molar-refractivity contribution in [1.82, 2.24) is 0 Å². The van der Waals surface area contributed by atoms with Gasteiger partial charge in [0.2, 0.25) is 0 Å². The van der Waals surface area contributed by atoms with E-state index in [0.717, 1.165) is 11.4 Å². The van der Waals surface area contributed by atoms with Crippen molar-refractivity contribution in [2.24, 2.45) is 0 Å². The molecular formula is C15H18N2. The maximum Gasteiger partial charge on any atom is 0.0440 e. The van der Waals surface area contributed by atoms with Gasteiger partial charge in [-0.05, 0) is 49.2 Å². The van der Waals surface area contributed by atoms with Crippen molar-refractivity contribution in [3.05, 3.63) is 53.6 Å². The van der Waals surface area contributed by atoms with Gasteiger partial charge in [0.1, 0.15) is 0 Å². The van der Waals surface area contributed by atoms with Crippen LogP contribution in [0.25, 0.3) is 0 Å². The van der Waals surface area contributed by atoms with E-state index in [2.05, 4.69) is 50.1 Å². The van der Waals surface area contributed by atoms with Crippen molar-refractivity contribution >= 4 is 17.1 Å². The summed E-state index contributed by atoms with van der Waals surface area (Å²) in [6, 6.07) is 14.4. The molecule has 0 spiro atoms. The maximum atomic E-state index is 5.82. The lowest BCUT2D eigenvalue weighted by atomic mass is 10.1. The lowest BCUT2D eigenvalue weighted by Crippen LogP contribution is -2.11. The van der Waals surface area contributed by atoms with Crippen LogP contribution < -0.4 is 10.6 Å². The zero-order valence-electron chi connectivity index (χ0n) is 10.6. The number of anilines is 3. The number of rotatable bonds is 2. The van der Waals surface area contributed by atoms with Gasteiger partial charge in [-0.15, -0.1) is 0 Å². The molecule has 0 saturated heterocycles. The minimum absolute atomic E-state index is 0.791. The van der Waals surface area contributed by atoms with Crippen LogP contribution in [0.2, 0.25) is 0 Å². The van der Waals surface area contributed by atoms with E-state index in [1.54, 1.807) is 0 Å². The Bertz CT molecular complexity index is 532. The normalized spacial score (nSPS) is 10.3. The van der Waals surface area contributed by atoms with Crippen LogP contribution in [0.15, 0.2) is 42.5 Å². The first kappa shape index (κ1) is 11.5.